The molecule has 1 aliphatic heterocycles. The molecule has 1 aliphatic rings. The second-order valence-electron chi connectivity index (χ2n) is 7.91. The van der Waals surface area contributed by atoms with Crippen LogP contribution in [-0.2, 0) is 4.74 Å². The van der Waals surface area contributed by atoms with Gasteiger partial charge in [-0.2, -0.15) is 0 Å². The summed E-state index contributed by atoms with van der Waals surface area (Å²) in [6, 6.07) is 10.5. The zero-order chi connectivity index (χ0) is 18.7. The lowest BCUT2D eigenvalue weighted by molar-refractivity contribution is 0.0210. The van der Waals surface area contributed by atoms with Crippen molar-refractivity contribution in [3.05, 3.63) is 42.2 Å². The van der Waals surface area contributed by atoms with Gasteiger partial charge < -0.3 is 19.4 Å². The maximum Gasteiger partial charge on any atom is 0.410 e. The smallest absolute Gasteiger partial charge is 0.410 e. The maximum absolute atomic E-state index is 12.2. The molecule has 0 saturated carbocycles. The van der Waals surface area contributed by atoms with Gasteiger partial charge in [-0.3, -0.25) is 0 Å². The van der Waals surface area contributed by atoms with Crippen molar-refractivity contribution < 1.29 is 13.9 Å². The Morgan fingerprint density at radius 3 is 2.58 bits per heavy atom. The van der Waals surface area contributed by atoms with Crippen LogP contribution in [0.5, 0.6) is 0 Å². The molecule has 26 heavy (non-hydrogen) atoms. The van der Waals surface area contributed by atoms with Gasteiger partial charge in [0, 0.05) is 30.4 Å². The quantitative estimate of drug-likeness (QED) is 0.834. The van der Waals surface area contributed by atoms with Gasteiger partial charge in [0.25, 0.3) is 0 Å². The Morgan fingerprint density at radius 2 is 1.96 bits per heavy atom. The molecule has 1 saturated heterocycles. The molecule has 0 spiro atoms. The van der Waals surface area contributed by atoms with Gasteiger partial charge in [0.05, 0.1) is 6.26 Å². The molecule has 0 unspecified atom stereocenters. The van der Waals surface area contributed by atoms with Crippen molar-refractivity contribution in [2.24, 2.45) is 0 Å². The van der Waals surface area contributed by atoms with E-state index < -0.39 is 5.60 Å². The summed E-state index contributed by atoms with van der Waals surface area (Å²) in [6.45, 7) is 9.18. The van der Waals surface area contributed by atoms with Gasteiger partial charge in [0.2, 0.25) is 0 Å². The van der Waals surface area contributed by atoms with E-state index >= 15 is 0 Å². The van der Waals surface area contributed by atoms with Crippen molar-refractivity contribution >= 4 is 11.8 Å². The Balaban J connectivity index is 1.63. The lowest BCUT2D eigenvalue weighted by Crippen LogP contribution is -2.44. The van der Waals surface area contributed by atoms with Crippen LogP contribution in [-0.4, -0.2) is 35.7 Å². The van der Waals surface area contributed by atoms with E-state index in [1.165, 1.54) is 5.56 Å². The summed E-state index contributed by atoms with van der Waals surface area (Å²) >= 11 is 0. The Kier molecular flexibility index (Phi) is 5.25. The van der Waals surface area contributed by atoms with E-state index in [1.54, 1.807) is 11.2 Å². The Morgan fingerprint density at radius 1 is 1.23 bits per heavy atom. The minimum absolute atomic E-state index is 0.220. The van der Waals surface area contributed by atoms with Crippen molar-refractivity contribution in [1.29, 1.82) is 0 Å². The Hall–Kier alpha value is -2.43. The first-order valence-corrected chi connectivity index (χ1v) is 9.21. The van der Waals surface area contributed by atoms with Crippen molar-refractivity contribution in [3.8, 4) is 11.3 Å². The molecule has 140 valence electrons. The molecule has 1 fully saturated rings. The summed E-state index contributed by atoms with van der Waals surface area (Å²) in [5, 5.41) is 3.65. The summed E-state index contributed by atoms with van der Waals surface area (Å²) in [7, 11) is 0. The van der Waals surface area contributed by atoms with Crippen LogP contribution in [0.4, 0.5) is 10.5 Å². The number of likely N-dealkylation sites (tertiary alicyclic amines) is 1. The number of furan rings is 1. The Bertz CT molecular complexity index is 739. The first-order valence-electron chi connectivity index (χ1n) is 9.21. The molecule has 0 radical (unpaired) electrons. The van der Waals surface area contributed by atoms with Crippen molar-refractivity contribution in [2.75, 3.05) is 18.4 Å². The van der Waals surface area contributed by atoms with Crippen LogP contribution in [0, 0.1) is 6.92 Å². The second kappa shape index (κ2) is 7.44. The highest BCUT2D eigenvalue weighted by Crippen LogP contribution is 2.31. The normalized spacial score (nSPS) is 15.8. The summed E-state index contributed by atoms with van der Waals surface area (Å²) in [4.78, 5) is 14.0. The molecule has 1 amide bonds. The predicted octanol–water partition coefficient (Wildman–Crippen LogP) is 5.07. The lowest BCUT2D eigenvalue weighted by Gasteiger charge is -2.34. The molecule has 1 aromatic carbocycles. The highest BCUT2D eigenvalue weighted by Gasteiger charge is 2.27. The average Bonchev–Trinajstić information content (AvgIpc) is 3.08. The minimum atomic E-state index is -0.453. The van der Waals surface area contributed by atoms with Crippen molar-refractivity contribution in [3.63, 3.8) is 0 Å². The zero-order valence-electron chi connectivity index (χ0n) is 16.0. The first-order chi connectivity index (χ1) is 12.3. The lowest BCUT2D eigenvalue weighted by atomic mass is 10.0. The van der Waals surface area contributed by atoms with Gasteiger partial charge >= 0.3 is 6.09 Å². The van der Waals surface area contributed by atoms with Crippen molar-refractivity contribution in [1.82, 2.24) is 4.90 Å². The summed E-state index contributed by atoms with van der Waals surface area (Å²) < 4.78 is 11.0. The molecule has 1 aromatic heterocycles. The second-order valence-corrected chi connectivity index (χ2v) is 7.91. The molecule has 5 heteroatoms. The number of benzene rings is 1. The molecule has 2 aromatic rings. The number of carbonyl (C=O) groups is 1. The standard InChI is InChI=1S/C21H28N2O3/c1-15-7-8-17(19-6-5-13-25-19)18(14-15)22-16-9-11-23(12-10-16)20(24)26-21(2,3)4/h5-8,13-14,16,22H,9-12H2,1-4H3. The third kappa shape index (κ3) is 4.59. The van der Waals surface area contributed by atoms with Gasteiger partial charge in [-0.15, -0.1) is 0 Å². The number of nitrogens with zero attached hydrogens (tertiary/aromatic N) is 1. The zero-order valence-corrected chi connectivity index (χ0v) is 16.0. The van der Waals surface area contributed by atoms with Gasteiger partial charge in [-0.05, 0) is 70.4 Å². The number of rotatable bonds is 3. The molecule has 3 rings (SSSR count). The highest BCUT2D eigenvalue weighted by atomic mass is 16.6. The third-order valence-corrected chi connectivity index (χ3v) is 4.47. The van der Waals surface area contributed by atoms with E-state index in [9.17, 15) is 4.79 Å². The van der Waals surface area contributed by atoms with Crippen LogP contribution in [0.3, 0.4) is 0 Å². The number of piperidine rings is 1. The number of aryl methyl sites for hydroxylation is 1. The molecule has 0 aliphatic carbocycles. The van der Waals surface area contributed by atoms with E-state index in [0.717, 1.165) is 29.9 Å². The van der Waals surface area contributed by atoms with Crippen LogP contribution in [0.2, 0.25) is 0 Å². The third-order valence-electron chi connectivity index (χ3n) is 4.47. The van der Waals surface area contributed by atoms with Gasteiger partial charge in [0.1, 0.15) is 11.4 Å². The van der Waals surface area contributed by atoms with Gasteiger partial charge in [-0.25, -0.2) is 4.79 Å². The number of hydrogen-bond acceptors (Lipinski definition) is 4. The van der Waals surface area contributed by atoms with E-state index in [2.05, 4.69) is 30.4 Å². The number of carbonyl (C=O) groups excluding carboxylic acids is 1. The fourth-order valence-corrected chi connectivity index (χ4v) is 3.18. The van der Waals surface area contributed by atoms with Crippen LogP contribution < -0.4 is 5.32 Å². The van der Waals surface area contributed by atoms with Gasteiger partial charge in [0.15, 0.2) is 0 Å². The molecule has 0 bridgehead atoms. The topological polar surface area (TPSA) is 54.7 Å². The number of ether oxygens (including phenoxy) is 1. The van der Waals surface area contributed by atoms with Crippen molar-refractivity contribution in [2.45, 2.75) is 52.2 Å². The number of nitrogens with one attached hydrogen (secondary N) is 1. The average molecular weight is 356 g/mol. The van der Waals surface area contributed by atoms with E-state index in [1.807, 2.05) is 32.9 Å². The van der Waals surface area contributed by atoms with E-state index in [4.69, 9.17) is 9.15 Å². The highest BCUT2D eigenvalue weighted by molar-refractivity contribution is 5.75. The largest absolute Gasteiger partial charge is 0.464 e. The number of hydrogen-bond donors (Lipinski definition) is 1. The van der Waals surface area contributed by atoms with E-state index in [-0.39, 0.29) is 6.09 Å². The minimum Gasteiger partial charge on any atom is -0.464 e. The summed E-state index contributed by atoms with van der Waals surface area (Å²) in [6.07, 6.45) is 3.26. The monoisotopic (exact) mass is 356 g/mol. The number of amides is 1. The van der Waals surface area contributed by atoms with E-state index in [0.29, 0.717) is 19.1 Å². The van der Waals surface area contributed by atoms with Crippen LogP contribution >= 0.6 is 0 Å². The summed E-state index contributed by atoms with van der Waals surface area (Å²) in [5.74, 6) is 0.860. The molecule has 2 heterocycles. The maximum atomic E-state index is 12.2. The molecule has 0 atom stereocenters. The molecular formula is C21H28N2O3. The van der Waals surface area contributed by atoms with Gasteiger partial charge in [-0.1, -0.05) is 6.07 Å². The SMILES string of the molecule is Cc1ccc(-c2ccco2)c(NC2CCN(C(=O)OC(C)(C)C)CC2)c1. The fourth-order valence-electron chi connectivity index (χ4n) is 3.18. The molecule has 5 nitrogen and oxygen atoms in total. The summed E-state index contributed by atoms with van der Waals surface area (Å²) in [5.41, 5.74) is 2.89. The number of anilines is 1. The first kappa shape index (κ1) is 18.4. The molecular weight excluding hydrogens is 328 g/mol. The fraction of sp³-hybridized carbons (Fsp3) is 0.476. The van der Waals surface area contributed by atoms with Crippen LogP contribution in [0.25, 0.3) is 11.3 Å². The van der Waals surface area contributed by atoms with Crippen LogP contribution in [0.15, 0.2) is 41.0 Å². The Labute approximate surface area is 155 Å². The van der Waals surface area contributed by atoms with Crippen LogP contribution in [0.1, 0.15) is 39.2 Å². The predicted molar refractivity (Wildman–Crippen MR) is 103 cm³/mol. The molecule has 1 N–H and O–H groups in total.